The topological polar surface area (TPSA) is 63.2 Å². The van der Waals surface area contributed by atoms with E-state index in [1.807, 2.05) is 0 Å². The minimum atomic E-state index is -0.227. The van der Waals surface area contributed by atoms with Gasteiger partial charge in [-0.3, -0.25) is 4.79 Å². The third-order valence-electron chi connectivity index (χ3n) is 3.01. The van der Waals surface area contributed by atoms with Gasteiger partial charge in [0.25, 0.3) is 5.91 Å². The number of hydrogen-bond acceptors (Lipinski definition) is 4. The summed E-state index contributed by atoms with van der Waals surface area (Å²) in [5.74, 6) is 0.943. The van der Waals surface area contributed by atoms with Crippen molar-refractivity contribution in [3.05, 3.63) is 52.7 Å². The second kappa shape index (κ2) is 6.95. The molecule has 0 aliphatic carbocycles. The van der Waals surface area contributed by atoms with Crippen molar-refractivity contribution in [1.29, 1.82) is 0 Å². The van der Waals surface area contributed by atoms with Gasteiger partial charge in [0.2, 0.25) is 0 Å². The van der Waals surface area contributed by atoms with Crippen LogP contribution in [0.15, 0.2) is 36.5 Å². The Balaban J connectivity index is 2.15. The van der Waals surface area contributed by atoms with Gasteiger partial charge in [-0.2, -0.15) is 0 Å². The first kappa shape index (κ1) is 15.1. The van der Waals surface area contributed by atoms with Crippen LogP contribution in [-0.2, 0) is 6.54 Å². The first-order valence-corrected chi connectivity index (χ1v) is 6.77. The molecule has 110 valence electrons. The van der Waals surface area contributed by atoms with E-state index in [4.69, 9.17) is 16.3 Å². The maximum Gasteiger partial charge on any atom is 0.255 e. The fraction of sp³-hybridized carbons (Fsp3) is 0.200. The number of nitrogens with zero attached hydrogens (tertiary/aromatic N) is 1. The molecule has 2 N–H and O–H groups in total. The van der Waals surface area contributed by atoms with Crippen molar-refractivity contribution in [2.75, 3.05) is 19.5 Å². The molecule has 1 amide bonds. The van der Waals surface area contributed by atoms with Gasteiger partial charge < -0.3 is 15.4 Å². The van der Waals surface area contributed by atoms with Crippen LogP contribution in [0.1, 0.15) is 15.9 Å². The molecular weight excluding hydrogens is 290 g/mol. The molecule has 0 radical (unpaired) electrons. The molecule has 1 aromatic carbocycles. The van der Waals surface area contributed by atoms with Crippen molar-refractivity contribution in [1.82, 2.24) is 10.3 Å². The zero-order valence-corrected chi connectivity index (χ0v) is 12.6. The second-order valence-corrected chi connectivity index (χ2v) is 4.66. The summed E-state index contributed by atoms with van der Waals surface area (Å²) in [6.07, 6.45) is 1.62. The van der Waals surface area contributed by atoms with E-state index >= 15 is 0 Å². The number of amides is 1. The summed E-state index contributed by atoms with van der Waals surface area (Å²) in [6.45, 7) is 0.278. The van der Waals surface area contributed by atoms with Crippen LogP contribution in [-0.4, -0.2) is 25.0 Å². The highest BCUT2D eigenvalue weighted by Crippen LogP contribution is 2.26. The SMILES string of the molecule is CNc1ncccc1C(=O)NCc1c(Cl)cccc1OC. The molecule has 0 saturated heterocycles. The lowest BCUT2D eigenvalue weighted by Gasteiger charge is -2.12. The number of nitrogens with one attached hydrogen (secondary N) is 2. The van der Waals surface area contributed by atoms with Crippen LogP contribution in [0, 0.1) is 0 Å². The normalized spacial score (nSPS) is 10.0. The van der Waals surface area contributed by atoms with Crippen LogP contribution >= 0.6 is 11.6 Å². The van der Waals surface area contributed by atoms with Crippen LogP contribution in [0.4, 0.5) is 5.82 Å². The summed E-state index contributed by atoms with van der Waals surface area (Å²) in [6, 6.07) is 8.78. The fourth-order valence-corrected chi connectivity index (χ4v) is 2.19. The van der Waals surface area contributed by atoms with Gasteiger partial charge in [-0.25, -0.2) is 4.98 Å². The van der Waals surface area contributed by atoms with Crippen molar-refractivity contribution in [3.63, 3.8) is 0 Å². The van der Waals surface area contributed by atoms with Gasteiger partial charge in [-0.05, 0) is 24.3 Å². The lowest BCUT2D eigenvalue weighted by atomic mass is 10.2. The van der Waals surface area contributed by atoms with Gasteiger partial charge in [0.05, 0.1) is 12.7 Å². The number of benzene rings is 1. The summed E-state index contributed by atoms with van der Waals surface area (Å²) in [5.41, 5.74) is 1.22. The number of rotatable bonds is 5. The van der Waals surface area contributed by atoms with Gasteiger partial charge in [0.15, 0.2) is 0 Å². The average molecular weight is 306 g/mol. The lowest BCUT2D eigenvalue weighted by molar-refractivity contribution is 0.0951. The Labute approximate surface area is 128 Å². The zero-order chi connectivity index (χ0) is 15.2. The minimum absolute atomic E-state index is 0.227. The summed E-state index contributed by atoms with van der Waals surface area (Å²) < 4.78 is 5.25. The number of carbonyl (C=O) groups excluding carboxylic acids is 1. The van der Waals surface area contributed by atoms with Crippen molar-refractivity contribution < 1.29 is 9.53 Å². The molecule has 21 heavy (non-hydrogen) atoms. The molecule has 0 fully saturated rings. The van der Waals surface area contributed by atoms with E-state index in [-0.39, 0.29) is 12.5 Å². The number of ether oxygens (including phenoxy) is 1. The monoisotopic (exact) mass is 305 g/mol. The third kappa shape index (κ3) is 3.44. The average Bonchev–Trinajstić information content (AvgIpc) is 2.53. The van der Waals surface area contributed by atoms with Gasteiger partial charge in [0, 0.05) is 30.4 Å². The zero-order valence-electron chi connectivity index (χ0n) is 11.8. The number of pyridine rings is 1. The van der Waals surface area contributed by atoms with Gasteiger partial charge in [-0.15, -0.1) is 0 Å². The largest absolute Gasteiger partial charge is 0.496 e. The highest BCUT2D eigenvalue weighted by Gasteiger charge is 2.13. The van der Waals surface area contributed by atoms with Crippen LogP contribution in [0.5, 0.6) is 5.75 Å². The molecule has 1 aromatic heterocycles. The Hall–Kier alpha value is -2.27. The molecule has 0 aliphatic heterocycles. The first-order chi connectivity index (χ1) is 10.2. The van der Waals surface area contributed by atoms with E-state index in [0.717, 1.165) is 5.56 Å². The Bertz CT molecular complexity index is 647. The van der Waals surface area contributed by atoms with Crippen molar-refractivity contribution in [2.45, 2.75) is 6.54 Å². The summed E-state index contributed by atoms with van der Waals surface area (Å²) >= 11 is 6.14. The molecule has 1 heterocycles. The number of methoxy groups -OCH3 is 1. The summed E-state index contributed by atoms with van der Waals surface area (Å²) in [5, 5.41) is 6.26. The highest BCUT2D eigenvalue weighted by molar-refractivity contribution is 6.31. The second-order valence-electron chi connectivity index (χ2n) is 4.25. The molecule has 0 aliphatic rings. The van der Waals surface area contributed by atoms with E-state index < -0.39 is 0 Å². The Kier molecular flexibility index (Phi) is 5.00. The van der Waals surface area contributed by atoms with Crippen LogP contribution in [0.25, 0.3) is 0 Å². The van der Waals surface area contributed by atoms with Crippen molar-refractivity contribution >= 4 is 23.3 Å². The number of aromatic nitrogens is 1. The van der Waals surface area contributed by atoms with Gasteiger partial charge in [-0.1, -0.05) is 17.7 Å². The van der Waals surface area contributed by atoms with Gasteiger partial charge >= 0.3 is 0 Å². The molecule has 2 aromatic rings. The molecule has 6 heteroatoms. The molecule has 2 rings (SSSR count). The highest BCUT2D eigenvalue weighted by atomic mass is 35.5. The Morgan fingerprint density at radius 1 is 1.33 bits per heavy atom. The predicted octanol–water partition coefficient (Wildman–Crippen LogP) is 2.72. The van der Waals surface area contributed by atoms with Crippen LogP contribution in [0.2, 0.25) is 5.02 Å². The molecule has 0 spiro atoms. The Morgan fingerprint density at radius 2 is 2.14 bits per heavy atom. The van der Waals surface area contributed by atoms with Crippen molar-refractivity contribution in [2.24, 2.45) is 0 Å². The van der Waals surface area contributed by atoms with Crippen molar-refractivity contribution in [3.8, 4) is 5.75 Å². The maximum absolute atomic E-state index is 12.2. The number of hydrogen-bond donors (Lipinski definition) is 2. The maximum atomic E-state index is 12.2. The molecule has 0 unspecified atom stereocenters. The van der Waals surface area contributed by atoms with E-state index in [9.17, 15) is 4.79 Å². The molecular formula is C15H16ClN3O2. The third-order valence-corrected chi connectivity index (χ3v) is 3.36. The van der Waals surface area contributed by atoms with E-state index in [1.165, 1.54) is 0 Å². The number of carbonyl (C=O) groups is 1. The molecule has 5 nitrogen and oxygen atoms in total. The smallest absolute Gasteiger partial charge is 0.255 e. The van der Waals surface area contributed by atoms with E-state index in [1.54, 1.807) is 50.7 Å². The lowest BCUT2D eigenvalue weighted by Crippen LogP contribution is -2.24. The molecule has 0 bridgehead atoms. The molecule has 0 atom stereocenters. The first-order valence-electron chi connectivity index (χ1n) is 6.39. The van der Waals surface area contributed by atoms with E-state index in [2.05, 4.69) is 15.6 Å². The number of halogens is 1. The van der Waals surface area contributed by atoms with Gasteiger partial charge in [0.1, 0.15) is 11.6 Å². The Morgan fingerprint density at radius 3 is 2.86 bits per heavy atom. The minimum Gasteiger partial charge on any atom is -0.496 e. The quantitative estimate of drug-likeness (QED) is 0.891. The summed E-state index contributed by atoms with van der Waals surface area (Å²) in [4.78, 5) is 16.3. The summed E-state index contributed by atoms with van der Waals surface area (Å²) in [7, 11) is 3.29. The molecule has 0 saturated carbocycles. The van der Waals surface area contributed by atoms with Crippen LogP contribution < -0.4 is 15.4 Å². The standard InChI is InChI=1S/C15H16ClN3O2/c1-17-14-10(5-4-8-18-14)15(20)19-9-11-12(16)6-3-7-13(11)21-2/h3-8H,9H2,1-2H3,(H,17,18)(H,19,20). The fourth-order valence-electron chi connectivity index (χ4n) is 1.95. The van der Waals surface area contributed by atoms with Crippen LogP contribution in [0.3, 0.4) is 0 Å². The van der Waals surface area contributed by atoms with E-state index in [0.29, 0.717) is 22.2 Å². The predicted molar refractivity (Wildman–Crippen MR) is 83.0 cm³/mol. The number of anilines is 1.